The van der Waals surface area contributed by atoms with Crippen LogP contribution >= 0.6 is 0 Å². The molecule has 4 rings (SSSR count). The van der Waals surface area contributed by atoms with Crippen LogP contribution in [-0.4, -0.2) is 41.4 Å². The maximum Gasteiger partial charge on any atom is 0.149 e. The Bertz CT molecular complexity index is 338. The summed E-state index contributed by atoms with van der Waals surface area (Å²) in [4.78, 5) is 12.1. The minimum absolute atomic E-state index is 0.000440. The van der Waals surface area contributed by atoms with Gasteiger partial charge in [0.25, 0.3) is 0 Å². The molecule has 3 aliphatic heterocycles. The van der Waals surface area contributed by atoms with Gasteiger partial charge >= 0.3 is 0 Å². The van der Waals surface area contributed by atoms with Gasteiger partial charge in [-0.25, -0.2) is 0 Å². The van der Waals surface area contributed by atoms with E-state index in [2.05, 4.69) is 0 Å². The molecule has 4 aliphatic rings. The van der Waals surface area contributed by atoms with Gasteiger partial charge in [-0.1, -0.05) is 0 Å². The molecule has 0 aromatic rings. The third kappa shape index (κ3) is 1.24. The van der Waals surface area contributed by atoms with Crippen LogP contribution in [0.15, 0.2) is 0 Å². The number of carbonyl (C=O) groups is 1. The van der Waals surface area contributed by atoms with E-state index in [1.165, 1.54) is 0 Å². The summed E-state index contributed by atoms with van der Waals surface area (Å²) in [6.45, 7) is 4.27. The van der Waals surface area contributed by atoms with Gasteiger partial charge in [0.15, 0.2) is 0 Å². The normalized spacial score (nSPS) is 50.2. The van der Waals surface area contributed by atoms with Gasteiger partial charge in [-0.2, -0.15) is 0 Å². The number of aliphatic hydroxyl groups is 1. The van der Waals surface area contributed by atoms with Crippen molar-refractivity contribution in [3.05, 3.63) is 0 Å². The van der Waals surface area contributed by atoms with Crippen LogP contribution in [-0.2, 0) is 14.3 Å². The van der Waals surface area contributed by atoms with Gasteiger partial charge in [0, 0.05) is 19.3 Å². The summed E-state index contributed by atoms with van der Waals surface area (Å²) in [6.07, 6.45) is 0.897. The highest BCUT2D eigenvalue weighted by atomic mass is 16.5. The number of carbonyl (C=O) groups excluding carboxylic acids is 1. The number of hydrogen-bond acceptors (Lipinski definition) is 4. The zero-order chi connectivity index (χ0) is 11.6. The molecule has 1 spiro atoms. The molecule has 90 valence electrons. The molecule has 4 nitrogen and oxygen atoms in total. The summed E-state index contributed by atoms with van der Waals surface area (Å²) < 4.78 is 11.6. The Morgan fingerprint density at radius 2 is 2.19 bits per heavy atom. The minimum atomic E-state index is -0.774. The Hall–Kier alpha value is -0.450. The summed E-state index contributed by atoms with van der Waals surface area (Å²) in [7, 11) is 0. The Balaban J connectivity index is 1.99. The molecule has 4 fully saturated rings. The quantitative estimate of drug-likeness (QED) is 0.659. The molecular weight excluding hydrogens is 208 g/mol. The van der Waals surface area contributed by atoms with Crippen molar-refractivity contribution in [1.82, 2.24) is 0 Å². The molecule has 1 aliphatic carbocycles. The van der Waals surface area contributed by atoms with E-state index in [4.69, 9.17) is 9.47 Å². The first-order valence-corrected chi connectivity index (χ1v) is 5.95. The first-order chi connectivity index (χ1) is 7.44. The predicted molar refractivity (Wildman–Crippen MR) is 56.0 cm³/mol. The fraction of sp³-hybridized carbons (Fsp3) is 0.917. The van der Waals surface area contributed by atoms with Crippen LogP contribution in [0.2, 0.25) is 0 Å². The second kappa shape index (κ2) is 3.06. The third-order valence-electron chi connectivity index (χ3n) is 4.28. The molecule has 0 aromatic heterocycles. The van der Waals surface area contributed by atoms with Crippen molar-refractivity contribution < 1.29 is 19.4 Å². The molecule has 3 heterocycles. The van der Waals surface area contributed by atoms with Gasteiger partial charge in [0.2, 0.25) is 0 Å². The summed E-state index contributed by atoms with van der Waals surface area (Å²) in [5, 5.41) is 10.3. The summed E-state index contributed by atoms with van der Waals surface area (Å²) in [6, 6.07) is 0. The van der Waals surface area contributed by atoms with E-state index in [-0.39, 0.29) is 23.6 Å². The molecule has 1 saturated carbocycles. The minimum Gasteiger partial charge on any atom is -0.392 e. The zero-order valence-electron chi connectivity index (χ0n) is 9.73. The highest BCUT2D eigenvalue weighted by molar-refractivity contribution is 5.88. The van der Waals surface area contributed by atoms with Crippen molar-refractivity contribution in [2.75, 3.05) is 6.61 Å². The molecule has 0 radical (unpaired) electrons. The van der Waals surface area contributed by atoms with Crippen molar-refractivity contribution in [3.8, 4) is 0 Å². The Kier molecular flexibility index (Phi) is 2.04. The van der Waals surface area contributed by atoms with Crippen LogP contribution in [0, 0.1) is 5.41 Å². The van der Waals surface area contributed by atoms with E-state index < -0.39 is 11.5 Å². The standard InChI is InChI=1S/C12H18O4/c1-11(2)5-9(14)12-6-15-7(3-8(12)13)4-10(12)16-11/h7,9-10,14H,3-6H2,1-2H3/t7-,9+,10+,12+/m0/s1. The Labute approximate surface area is 94.9 Å². The average molecular weight is 226 g/mol. The molecule has 1 N–H and O–H groups in total. The van der Waals surface area contributed by atoms with Gasteiger partial charge < -0.3 is 14.6 Å². The number of hydrogen-bond donors (Lipinski definition) is 1. The first-order valence-electron chi connectivity index (χ1n) is 5.95. The van der Waals surface area contributed by atoms with E-state index in [0.29, 0.717) is 19.4 Å². The van der Waals surface area contributed by atoms with Crippen LogP contribution < -0.4 is 0 Å². The van der Waals surface area contributed by atoms with Crippen LogP contribution in [0.5, 0.6) is 0 Å². The lowest BCUT2D eigenvalue weighted by molar-refractivity contribution is -0.274. The smallest absolute Gasteiger partial charge is 0.149 e. The molecule has 16 heavy (non-hydrogen) atoms. The van der Waals surface area contributed by atoms with Crippen LogP contribution in [0.3, 0.4) is 0 Å². The molecule has 0 amide bonds. The molecule has 4 atom stereocenters. The fourth-order valence-corrected chi connectivity index (χ4v) is 3.40. The number of ether oxygens (including phenoxy) is 2. The number of ketones is 1. The number of fused-ring (bicyclic) bond motifs is 2. The zero-order valence-corrected chi connectivity index (χ0v) is 9.73. The van der Waals surface area contributed by atoms with Crippen molar-refractivity contribution in [2.45, 2.75) is 57.0 Å². The van der Waals surface area contributed by atoms with Gasteiger partial charge in [-0.05, 0) is 13.8 Å². The molecule has 0 aromatic carbocycles. The number of aliphatic hydroxyl groups excluding tert-OH is 1. The summed E-state index contributed by atoms with van der Waals surface area (Å²) >= 11 is 0. The Morgan fingerprint density at radius 3 is 2.88 bits per heavy atom. The van der Waals surface area contributed by atoms with E-state index >= 15 is 0 Å². The topological polar surface area (TPSA) is 55.8 Å². The van der Waals surface area contributed by atoms with E-state index in [0.717, 1.165) is 6.42 Å². The molecule has 4 heteroatoms. The second-order valence-corrected chi connectivity index (χ2v) is 5.92. The third-order valence-corrected chi connectivity index (χ3v) is 4.28. The van der Waals surface area contributed by atoms with Crippen LogP contribution in [0.4, 0.5) is 0 Å². The molecule has 3 saturated heterocycles. The van der Waals surface area contributed by atoms with Crippen LogP contribution in [0.1, 0.15) is 33.1 Å². The van der Waals surface area contributed by atoms with Gasteiger partial charge in [-0.3, -0.25) is 4.79 Å². The highest BCUT2D eigenvalue weighted by Gasteiger charge is 2.63. The monoisotopic (exact) mass is 226 g/mol. The first kappa shape index (κ1) is 10.7. The van der Waals surface area contributed by atoms with Crippen molar-refractivity contribution in [3.63, 3.8) is 0 Å². The van der Waals surface area contributed by atoms with Gasteiger partial charge in [-0.15, -0.1) is 0 Å². The average Bonchev–Trinajstić information content (AvgIpc) is 2.14. The lowest BCUT2D eigenvalue weighted by Crippen LogP contribution is -2.69. The van der Waals surface area contributed by atoms with E-state index in [9.17, 15) is 9.90 Å². The van der Waals surface area contributed by atoms with Crippen LogP contribution in [0.25, 0.3) is 0 Å². The SMILES string of the molecule is CC1(C)C[C@@H](O)[C@@]23CO[C@@H](CC2=O)C[C@H]3O1. The van der Waals surface area contributed by atoms with Crippen molar-refractivity contribution in [1.29, 1.82) is 0 Å². The molecular formula is C12H18O4. The van der Waals surface area contributed by atoms with Crippen molar-refractivity contribution in [2.24, 2.45) is 5.41 Å². The molecule has 0 unspecified atom stereocenters. The number of rotatable bonds is 0. The van der Waals surface area contributed by atoms with Gasteiger partial charge in [0.05, 0.1) is 30.5 Å². The largest absolute Gasteiger partial charge is 0.392 e. The van der Waals surface area contributed by atoms with E-state index in [1.807, 2.05) is 13.8 Å². The lowest BCUT2D eigenvalue weighted by Gasteiger charge is -2.57. The van der Waals surface area contributed by atoms with Gasteiger partial charge in [0.1, 0.15) is 11.2 Å². The summed E-state index contributed by atoms with van der Waals surface area (Å²) in [5.74, 6) is 0.128. The van der Waals surface area contributed by atoms with Crippen molar-refractivity contribution >= 4 is 5.78 Å². The second-order valence-electron chi connectivity index (χ2n) is 5.92. The lowest BCUT2D eigenvalue weighted by atomic mass is 9.61. The van der Waals surface area contributed by atoms with E-state index in [1.54, 1.807) is 0 Å². The highest BCUT2D eigenvalue weighted by Crippen LogP contribution is 2.51. The maximum absolute atomic E-state index is 12.1. The Morgan fingerprint density at radius 1 is 1.44 bits per heavy atom. The molecule has 2 bridgehead atoms. The fourth-order valence-electron chi connectivity index (χ4n) is 3.40. The summed E-state index contributed by atoms with van der Waals surface area (Å²) in [5.41, 5.74) is -1.11. The predicted octanol–water partition coefficient (Wildman–Crippen LogP) is 0.663. The number of Topliss-reactive ketones (excluding diaryl/α,β-unsaturated/α-hetero) is 1. The maximum atomic E-state index is 12.1.